The lowest BCUT2D eigenvalue weighted by Gasteiger charge is -2.55. The third-order valence-corrected chi connectivity index (χ3v) is 9.95. The molecule has 37 heavy (non-hydrogen) atoms. The van der Waals surface area contributed by atoms with Crippen molar-refractivity contribution in [1.82, 2.24) is 35.6 Å². The number of thioether (sulfide) groups is 2. The minimum atomic E-state index is -4.20. The fraction of sp³-hybridized carbons (Fsp3) is 0.471. The Balaban J connectivity index is 1.62. The van der Waals surface area contributed by atoms with Crippen LogP contribution >= 0.6 is 39.5 Å². The summed E-state index contributed by atoms with van der Waals surface area (Å²) in [7, 11) is -1.46. The minimum Gasteiger partial charge on any atom is -0.490 e. The van der Waals surface area contributed by atoms with Crippen molar-refractivity contribution >= 4 is 67.1 Å². The largest absolute Gasteiger partial charge is 0.490 e. The number of sulfone groups is 1. The Bertz CT molecular complexity index is 1420. The van der Waals surface area contributed by atoms with Crippen LogP contribution < -0.4 is 5.32 Å². The van der Waals surface area contributed by atoms with Crippen LogP contribution in [0.2, 0.25) is 0 Å². The molecule has 1 saturated heterocycles. The first-order valence-electron chi connectivity index (χ1n) is 9.99. The van der Waals surface area contributed by atoms with Crippen molar-refractivity contribution in [1.29, 1.82) is 0 Å². The average Bonchev–Trinajstić information content (AvgIpc) is 3.39. The summed E-state index contributed by atoms with van der Waals surface area (Å²) in [5, 5.41) is 33.6. The third-order valence-electron chi connectivity index (χ3n) is 5.45. The Morgan fingerprint density at radius 2 is 2.16 bits per heavy atom. The molecule has 1 unspecified atom stereocenters. The van der Waals surface area contributed by atoms with Gasteiger partial charge in [0.2, 0.25) is 16.3 Å². The predicted molar refractivity (Wildman–Crippen MR) is 129 cm³/mol. The van der Waals surface area contributed by atoms with Crippen molar-refractivity contribution in [3.8, 4) is 5.88 Å². The molecule has 3 N–H and O–H groups in total. The van der Waals surface area contributed by atoms with Crippen LogP contribution in [0.5, 0.6) is 5.88 Å². The van der Waals surface area contributed by atoms with Gasteiger partial charge in [-0.3, -0.25) is 14.5 Å². The standard InChI is InChI=1S/C17H18BrN7O9S3/c1-24-16(20-22-23-24)36-5-6-4-35-15-17(33-2,14(30)25(15)8(6)13(28)29)19-12(27)10(37(3,31)32)9-7(18)11(26)21-34-9/h10,15H,4-5H2,1-3H3,(H,19,27)(H,21,26)(H,28,29)/t10?,15-,17-/m0/s1. The van der Waals surface area contributed by atoms with Gasteiger partial charge in [-0.25, -0.2) is 17.9 Å². The van der Waals surface area contributed by atoms with Crippen LogP contribution in [0.3, 0.4) is 0 Å². The minimum absolute atomic E-state index is 0.159. The van der Waals surface area contributed by atoms with Gasteiger partial charge in [0.1, 0.15) is 15.5 Å². The van der Waals surface area contributed by atoms with Crippen LogP contribution in [0.1, 0.15) is 11.0 Å². The number of carbonyl (C=O) groups excluding carboxylic acids is 2. The molecule has 0 radical (unpaired) electrons. The van der Waals surface area contributed by atoms with Crippen LogP contribution in [0.4, 0.5) is 0 Å². The zero-order valence-electron chi connectivity index (χ0n) is 19.1. The second-order valence-electron chi connectivity index (χ2n) is 7.79. The van der Waals surface area contributed by atoms with Crippen molar-refractivity contribution in [2.24, 2.45) is 7.05 Å². The number of aromatic hydroxyl groups is 1. The number of ether oxygens (including phenoxy) is 1. The summed E-state index contributed by atoms with van der Waals surface area (Å²) in [5.74, 6) is -4.33. The number of nitrogens with zero attached hydrogens (tertiary/aromatic N) is 6. The number of rotatable bonds is 9. The van der Waals surface area contributed by atoms with Crippen molar-refractivity contribution in [3.63, 3.8) is 0 Å². The van der Waals surface area contributed by atoms with Gasteiger partial charge >= 0.3 is 5.97 Å². The van der Waals surface area contributed by atoms with E-state index in [0.29, 0.717) is 10.7 Å². The monoisotopic (exact) mass is 639 g/mol. The molecule has 2 aromatic rings. The summed E-state index contributed by atoms with van der Waals surface area (Å²) in [6.45, 7) is 0. The highest BCUT2D eigenvalue weighted by molar-refractivity contribution is 9.10. The van der Waals surface area contributed by atoms with E-state index in [1.54, 1.807) is 7.05 Å². The highest BCUT2D eigenvalue weighted by Gasteiger charge is 2.67. The summed E-state index contributed by atoms with van der Waals surface area (Å²) in [6.07, 6.45) is 0.759. The molecule has 2 amide bonds. The first kappa shape index (κ1) is 27.4. The summed E-state index contributed by atoms with van der Waals surface area (Å²) >= 11 is 5.22. The van der Waals surface area contributed by atoms with Gasteiger partial charge < -0.3 is 24.8 Å². The Kier molecular flexibility index (Phi) is 7.31. The number of β-lactam (4-membered cyclic amide) rings is 1. The molecule has 3 atom stereocenters. The molecule has 1 fully saturated rings. The molecule has 200 valence electrons. The highest BCUT2D eigenvalue weighted by atomic mass is 79.9. The number of halogens is 1. The average molecular weight is 640 g/mol. The van der Waals surface area contributed by atoms with Crippen molar-refractivity contribution in [2.75, 3.05) is 24.9 Å². The molecular weight excluding hydrogens is 622 g/mol. The van der Waals surface area contributed by atoms with Gasteiger partial charge in [0.15, 0.2) is 15.6 Å². The van der Waals surface area contributed by atoms with Crippen molar-refractivity contribution < 1.29 is 42.3 Å². The molecule has 4 rings (SSSR count). The number of hydrogen-bond donors (Lipinski definition) is 3. The quantitative estimate of drug-likeness (QED) is 0.175. The number of methoxy groups -OCH3 is 1. The summed E-state index contributed by atoms with van der Waals surface area (Å²) < 4.78 is 36.3. The van der Waals surface area contributed by atoms with Crippen LogP contribution in [0, 0.1) is 0 Å². The summed E-state index contributed by atoms with van der Waals surface area (Å²) in [5.41, 5.74) is -1.92. The first-order valence-corrected chi connectivity index (χ1v) is 14.8. The molecular formula is C17H18BrN7O9S3. The maximum absolute atomic E-state index is 13.3. The van der Waals surface area contributed by atoms with E-state index in [-0.39, 0.29) is 21.7 Å². The Labute approximate surface area is 225 Å². The molecule has 16 nitrogen and oxygen atoms in total. The summed E-state index contributed by atoms with van der Waals surface area (Å²) in [6, 6.07) is 0. The number of hydrogen-bond acceptors (Lipinski definition) is 14. The maximum atomic E-state index is 13.3. The van der Waals surface area contributed by atoms with E-state index in [2.05, 4.69) is 41.9 Å². The van der Waals surface area contributed by atoms with Crippen molar-refractivity contribution in [3.05, 3.63) is 21.5 Å². The normalized spacial score (nSPS) is 22.4. The van der Waals surface area contributed by atoms with Crippen LogP contribution in [0.15, 0.2) is 25.4 Å². The number of aromatic nitrogens is 5. The second kappa shape index (κ2) is 9.89. The van der Waals surface area contributed by atoms with Crippen LogP contribution in [-0.2, 0) is 36.0 Å². The molecule has 2 aliphatic rings. The van der Waals surface area contributed by atoms with E-state index in [1.807, 2.05) is 0 Å². The number of amides is 2. The number of nitrogens with one attached hydrogen (secondary N) is 1. The number of aryl methyl sites for hydroxylation is 1. The molecule has 4 heterocycles. The van der Waals surface area contributed by atoms with E-state index in [1.165, 1.54) is 16.4 Å². The number of tetrazole rings is 1. The number of aliphatic carboxylic acids is 1. The van der Waals surface area contributed by atoms with Crippen molar-refractivity contribution in [2.45, 2.75) is 21.5 Å². The van der Waals surface area contributed by atoms with E-state index in [0.717, 1.165) is 30.0 Å². The fourth-order valence-corrected chi connectivity index (χ4v) is 7.70. The summed E-state index contributed by atoms with van der Waals surface area (Å²) in [4.78, 5) is 39.6. The smallest absolute Gasteiger partial charge is 0.352 e. The molecule has 2 aliphatic heterocycles. The molecule has 0 aliphatic carbocycles. The number of fused-ring (bicyclic) bond motifs is 1. The highest BCUT2D eigenvalue weighted by Crippen LogP contribution is 2.48. The lowest BCUT2D eigenvalue weighted by molar-refractivity contribution is -0.192. The van der Waals surface area contributed by atoms with Crippen LogP contribution in [0.25, 0.3) is 0 Å². The number of carboxylic acids is 1. The number of carboxylic acid groups (broad SMARTS) is 1. The van der Waals surface area contributed by atoms with E-state index >= 15 is 0 Å². The molecule has 20 heteroatoms. The first-order chi connectivity index (χ1) is 17.3. The van der Waals surface area contributed by atoms with Gasteiger partial charge in [0.05, 0.1) is 0 Å². The van der Waals surface area contributed by atoms with Crippen LogP contribution in [-0.4, -0.2) is 103 Å². The van der Waals surface area contributed by atoms with Gasteiger partial charge in [0, 0.05) is 31.9 Å². The molecule has 2 aromatic heterocycles. The lowest BCUT2D eigenvalue weighted by Crippen LogP contribution is -2.81. The Hall–Kier alpha value is -2.68. The number of carbonyl (C=O) groups is 3. The molecule has 0 aromatic carbocycles. The van der Waals surface area contributed by atoms with E-state index < -0.39 is 55.6 Å². The second-order valence-corrected chi connectivity index (χ2v) is 12.7. The van der Waals surface area contributed by atoms with Gasteiger partial charge in [-0.2, -0.15) is 0 Å². The Morgan fingerprint density at radius 1 is 1.46 bits per heavy atom. The fourth-order valence-electron chi connectivity index (χ4n) is 3.75. The lowest BCUT2D eigenvalue weighted by atomic mass is 9.98. The van der Waals surface area contributed by atoms with Gasteiger partial charge in [-0.15, -0.1) is 16.9 Å². The topological polar surface area (TPSA) is 220 Å². The zero-order valence-corrected chi connectivity index (χ0v) is 23.1. The zero-order chi connectivity index (χ0) is 27.3. The third kappa shape index (κ3) is 4.60. The van der Waals surface area contributed by atoms with E-state index in [9.17, 15) is 33.0 Å². The molecule has 0 saturated carbocycles. The SMILES string of the molecule is CO[C@@]1(NC(=O)C(c2onc(O)c2Br)S(C)(=O)=O)C(=O)N2C(C(=O)O)=C(CSc3nnnn3C)CS[C@H]21. The van der Waals surface area contributed by atoms with Gasteiger partial charge in [0.25, 0.3) is 17.5 Å². The van der Waals surface area contributed by atoms with Gasteiger partial charge in [-0.05, 0) is 37.1 Å². The predicted octanol–water partition coefficient (Wildman–Crippen LogP) is -0.743. The maximum Gasteiger partial charge on any atom is 0.352 e. The molecule has 0 spiro atoms. The molecule has 0 bridgehead atoms. The van der Waals surface area contributed by atoms with Gasteiger partial charge in [-0.1, -0.05) is 11.8 Å². The Morgan fingerprint density at radius 3 is 2.68 bits per heavy atom. The van der Waals surface area contributed by atoms with E-state index in [4.69, 9.17) is 9.26 Å².